The zero-order valence-electron chi connectivity index (χ0n) is 25.4. The Morgan fingerprint density at radius 2 is 1.11 bits per heavy atom. The highest BCUT2D eigenvalue weighted by Crippen LogP contribution is 2.76. The summed E-state index contributed by atoms with van der Waals surface area (Å²) in [5.41, 5.74) is 5.91. The van der Waals surface area contributed by atoms with E-state index in [4.69, 9.17) is 9.98 Å². The number of hydrogen-bond acceptors (Lipinski definition) is 14. The largest absolute Gasteiger partial charge is 0.295 e. The van der Waals surface area contributed by atoms with Crippen LogP contribution in [0.5, 0.6) is 0 Å². The topological polar surface area (TPSA) is 183 Å². The van der Waals surface area contributed by atoms with Crippen LogP contribution in [0.2, 0.25) is 0 Å². The van der Waals surface area contributed by atoms with Crippen molar-refractivity contribution in [3.05, 3.63) is 36.9 Å². The molecule has 4 atom stereocenters. The van der Waals surface area contributed by atoms with Gasteiger partial charge in [-0.25, -0.2) is 29.9 Å². The number of unbranched alkanes of at least 4 members (excludes halogenated alkanes) is 4. The molecule has 0 saturated heterocycles. The van der Waals surface area contributed by atoms with E-state index < -0.39 is 23.5 Å². The van der Waals surface area contributed by atoms with Crippen LogP contribution in [0.4, 0.5) is 11.9 Å². The van der Waals surface area contributed by atoms with Crippen LogP contribution in [0.25, 0.3) is 0 Å². The van der Waals surface area contributed by atoms with Gasteiger partial charge >= 0.3 is 0 Å². The van der Waals surface area contributed by atoms with Crippen molar-refractivity contribution in [2.45, 2.75) is 89.6 Å². The minimum absolute atomic E-state index is 0.235. The molecule has 2 aromatic heterocycles. The van der Waals surface area contributed by atoms with Gasteiger partial charge in [0.25, 0.3) is 13.0 Å². The molecule has 0 bridgehead atoms. The Labute approximate surface area is 266 Å². The second-order valence-electron chi connectivity index (χ2n) is 10.6. The third-order valence-electron chi connectivity index (χ3n) is 6.96. The predicted octanol–water partition coefficient (Wildman–Crippen LogP) is 7.13. The fraction of sp³-hybridized carbons (Fsp3) is 0.538. The summed E-state index contributed by atoms with van der Waals surface area (Å²) in [6, 6.07) is 3.38. The molecule has 4 unspecified atom stereocenters. The molecule has 0 fully saturated rings. The highest BCUT2D eigenvalue weighted by Gasteiger charge is 2.57. The number of amidine groups is 2. The minimum atomic E-state index is -3.40. The van der Waals surface area contributed by atoms with Crippen LogP contribution < -0.4 is 21.0 Å². The van der Waals surface area contributed by atoms with E-state index in [2.05, 4.69) is 65.0 Å². The van der Waals surface area contributed by atoms with E-state index in [-0.39, 0.29) is 24.7 Å². The summed E-state index contributed by atoms with van der Waals surface area (Å²) in [4.78, 5) is 26.6. The molecule has 0 spiro atoms. The lowest BCUT2D eigenvalue weighted by atomic mass is 10.1. The molecule has 0 aromatic carbocycles. The first kappa shape index (κ1) is 34.1. The lowest BCUT2D eigenvalue weighted by Gasteiger charge is -2.33. The summed E-state index contributed by atoms with van der Waals surface area (Å²) in [7, 11) is 0. The van der Waals surface area contributed by atoms with Crippen molar-refractivity contribution in [1.29, 1.82) is 0 Å². The van der Waals surface area contributed by atoms with E-state index in [1.165, 1.54) is 0 Å². The van der Waals surface area contributed by atoms with Crippen LogP contribution >= 0.6 is 35.8 Å². The third kappa shape index (κ3) is 8.47. The number of aliphatic imine (C=N–C) groups is 2. The van der Waals surface area contributed by atoms with E-state index >= 15 is 0 Å². The molecule has 44 heavy (non-hydrogen) atoms. The fourth-order valence-corrected chi connectivity index (χ4v) is 13.2. The van der Waals surface area contributed by atoms with Gasteiger partial charge in [-0.2, -0.15) is 10.2 Å². The van der Waals surface area contributed by atoms with Crippen LogP contribution in [-0.4, -0.2) is 53.3 Å². The number of anilines is 2. The van der Waals surface area contributed by atoms with Gasteiger partial charge < -0.3 is 0 Å². The molecular formula is C26H40N12O2P2S2. The molecule has 238 valence electrons. The average Bonchev–Trinajstić information content (AvgIpc) is 3.40. The van der Waals surface area contributed by atoms with Gasteiger partial charge in [-0.3, -0.25) is 30.2 Å². The van der Waals surface area contributed by atoms with E-state index in [0.717, 1.165) is 61.3 Å². The average molecular weight is 679 g/mol. The number of hydrazone groups is 2. The van der Waals surface area contributed by atoms with Crippen molar-refractivity contribution in [1.82, 2.24) is 30.8 Å². The molecule has 4 N–H and O–H groups in total. The van der Waals surface area contributed by atoms with Gasteiger partial charge in [0.1, 0.15) is 10.6 Å². The predicted molar refractivity (Wildman–Crippen MR) is 185 cm³/mol. The molecule has 0 amide bonds. The molecule has 2 aliphatic heterocycles. The number of nitrogens with one attached hydrogen (secondary N) is 4. The van der Waals surface area contributed by atoms with Gasteiger partial charge in [-0.1, -0.05) is 26.7 Å². The van der Waals surface area contributed by atoms with Gasteiger partial charge in [-0.05, 0) is 64.5 Å². The molecule has 2 aromatic rings. The van der Waals surface area contributed by atoms with Crippen molar-refractivity contribution < 1.29 is 9.13 Å². The molecule has 2 aliphatic rings. The molecule has 0 saturated carbocycles. The van der Waals surface area contributed by atoms with Gasteiger partial charge in [0.15, 0.2) is 10.3 Å². The van der Waals surface area contributed by atoms with Crippen LogP contribution in [0, 0.1) is 0 Å². The normalized spacial score (nSPS) is 28.3. The monoisotopic (exact) mass is 678 g/mol. The number of nitrogens with zero attached hydrogens (tertiary/aromatic N) is 8. The summed E-state index contributed by atoms with van der Waals surface area (Å²) >= 11 is 2.19. The molecule has 0 radical (unpaired) electrons. The maximum Gasteiger partial charge on any atom is 0.259 e. The Hall–Kier alpha value is -2.80. The molecule has 0 aliphatic carbocycles. The second kappa shape index (κ2) is 15.5. The van der Waals surface area contributed by atoms with Gasteiger partial charge in [0.2, 0.25) is 11.9 Å². The standard InChI is InChI=1S/C26H40N12O2P2S2/c1-5-7-9-19-31-35-23-33-25(3,41(39,43-23)37-21-27-15-11-16-28-21)13-14-26(4)34-24(36-32-20-10-8-6-2)44-42(26,40)38-22-29-17-12-18-30-22/h11-12,15-20H,5-10,13-14H2,1-4H3,(H,33,35)(H,34,36)(H,27,28,37,39)(H,29,30,38,40). The molecule has 18 heteroatoms. The third-order valence-corrected chi connectivity index (χ3v) is 17.8. The molecule has 4 heterocycles. The Balaban J connectivity index is 1.60. The van der Waals surface area contributed by atoms with Crippen LogP contribution in [0.3, 0.4) is 0 Å². The Morgan fingerprint density at radius 1 is 0.727 bits per heavy atom. The lowest BCUT2D eigenvalue weighted by molar-refractivity contribution is 0.464. The Bertz CT molecular complexity index is 1350. The first-order valence-electron chi connectivity index (χ1n) is 14.6. The summed E-state index contributed by atoms with van der Waals surface area (Å²) in [6.07, 6.45) is 16.3. The highest BCUT2D eigenvalue weighted by molar-refractivity contribution is 8.66. The van der Waals surface area contributed by atoms with Crippen LogP contribution in [0.15, 0.2) is 57.1 Å². The van der Waals surface area contributed by atoms with Gasteiger partial charge in [-0.15, -0.1) is 0 Å². The van der Waals surface area contributed by atoms with Gasteiger partial charge in [0.05, 0.1) is 0 Å². The smallest absolute Gasteiger partial charge is 0.259 e. The Morgan fingerprint density at radius 3 is 1.48 bits per heavy atom. The SMILES string of the molecule is CCCCC=NNC1=NC(C)(CCC2(C)N=C(NN=CCCCC)SP2(=O)Nc2ncccn2)P(=O)(Nc2ncccn2)S1. The molecule has 4 rings (SSSR count). The number of rotatable bonds is 15. The lowest BCUT2D eigenvalue weighted by Crippen LogP contribution is -2.29. The maximum absolute atomic E-state index is 14.6. The summed E-state index contributed by atoms with van der Waals surface area (Å²) in [5, 5.41) is 13.3. The van der Waals surface area contributed by atoms with Crippen molar-refractivity contribution in [2.75, 3.05) is 10.2 Å². The van der Waals surface area contributed by atoms with E-state index in [9.17, 15) is 9.13 Å². The number of aromatic nitrogens is 4. The highest BCUT2D eigenvalue weighted by atomic mass is 32.7. The summed E-state index contributed by atoms with van der Waals surface area (Å²) in [5.74, 6) is 0.471. The van der Waals surface area contributed by atoms with E-state index in [1.54, 1.807) is 49.3 Å². The first-order chi connectivity index (χ1) is 21.1. The quantitative estimate of drug-likeness (QED) is 0.0648. The van der Waals surface area contributed by atoms with Crippen molar-refractivity contribution >= 4 is 70.4 Å². The Kier molecular flexibility index (Phi) is 12.0. The molecular weight excluding hydrogens is 638 g/mol. The first-order valence-corrected chi connectivity index (χ1v) is 20.8. The number of hydrogen-bond donors (Lipinski definition) is 4. The van der Waals surface area contributed by atoms with E-state index in [1.807, 2.05) is 13.8 Å². The zero-order valence-corrected chi connectivity index (χ0v) is 28.8. The van der Waals surface area contributed by atoms with Crippen molar-refractivity contribution in [2.24, 2.45) is 20.2 Å². The zero-order chi connectivity index (χ0) is 31.5. The summed E-state index contributed by atoms with van der Waals surface area (Å²) < 4.78 is 29.2. The maximum atomic E-state index is 14.6. The van der Waals surface area contributed by atoms with Crippen molar-refractivity contribution in [3.63, 3.8) is 0 Å². The summed E-state index contributed by atoms with van der Waals surface area (Å²) in [6.45, 7) is 1.07. The molecule has 14 nitrogen and oxygen atoms in total. The van der Waals surface area contributed by atoms with Gasteiger partial charge in [0, 0.05) is 60.0 Å². The second-order valence-corrected chi connectivity index (χ2v) is 20.5. The van der Waals surface area contributed by atoms with E-state index in [0.29, 0.717) is 10.3 Å². The fourth-order valence-electron chi connectivity index (χ4n) is 4.21. The minimum Gasteiger partial charge on any atom is -0.295 e. The van der Waals surface area contributed by atoms with Crippen molar-refractivity contribution in [3.8, 4) is 0 Å². The van der Waals surface area contributed by atoms with Crippen LogP contribution in [-0.2, 0) is 9.13 Å². The van der Waals surface area contributed by atoms with Crippen LogP contribution in [0.1, 0.15) is 79.1 Å².